The summed E-state index contributed by atoms with van der Waals surface area (Å²) in [6.45, 7) is 0. The third-order valence-electron chi connectivity index (χ3n) is 7.10. The summed E-state index contributed by atoms with van der Waals surface area (Å²) in [5.41, 5.74) is 6.90. The van der Waals surface area contributed by atoms with Crippen LogP contribution in [0.4, 0.5) is 28.4 Å². The van der Waals surface area contributed by atoms with Crippen molar-refractivity contribution in [3.05, 3.63) is 91.0 Å². The number of aromatic hydroxyl groups is 1. The smallest absolute Gasteiger partial charge is 0.295 e. The van der Waals surface area contributed by atoms with E-state index in [4.69, 9.17) is 11.0 Å². The van der Waals surface area contributed by atoms with E-state index in [1.165, 1.54) is 60.7 Å². The number of nitrogens with two attached hydrogens (primary N) is 1. The first kappa shape index (κ1) is 32.9. The maximum atomic E-state index is 12.0. The van der Waals surface area contributed by atoms with Crippen molar-refractivity contribution in [1.82, 2.24) is 0 Å². The molecule has 0 atom stereocenters. The van der Waals surface area contributed by atoms with Gasteiger partial charge in [0.2, 0.25) is 0 Å². The lowest BCUT2D eigenvalue weighted by Gasteiger charge is -2.10. The number of nitrogen functional groups attached to an aromatic ring is 1. The van der Waals surface area contributed by atoms with Gasteiger partial charge in [-0.05, 0) is 71.4 Å². The minimum Gasteiger partial charge on any atom is -0.505 e. The molecule has 0 aromatic heterocycles. The molecule has 6 aromatic carbocycles. The van der Waals surface area contributed by atoms with Gasteiger partial charge in [-0.2, -0.15) is 21.9 Å². The Bertz CT molecular complexity index is 2540. The Hall–Kier alpha value is -5.05. The molecule has 0 unspecified atom stereocenters. The summed E-state index contributed by atoms with van der Waals surface area (Å²) in [7, 11) is -9.09. The maximum absolute atomic E-state index is 12.0. The fourth-order valence-corrected chi connectivity index (χ4v) is 6.66. The highest BCUT2D eigenvalue weighted by Gasteiger charge is 2.18. The third-order valence-corrected chi connectivity index (χ3v) is 9.48. The molecule has 0 radical (unpaired) electrons. The Morgan fingerprint density at radius 2 is 1.38 bits per heavy atom. The molecule has 0 saturated carbocycles. The van der Waals surface area contributed by atoms with Crippen molar-refractivity contribution in [2.45, 2.75) is 14.7 Å². The Balaban J connectivity index is 1.45. The average molecular weight is 708 g/mol. The highest BCUT2D eigenvalue weighted by Crippen LogP contribution is 2.45. The molecule has 0 spiro atoms. The molecular weight excluding hydrogens is 687 g/mol. The molecule has 6 rings (SSSR count). The highest BCUT2D eigenvalue weighted by molar-refractivity contribution is 7.94. The Morgan fingerprint density at radius 1 is 0.667 bits per heavy atom. The van der Waals surface area contributed by atoms with E-state index < -0.39 is 25.1 Å². The lowest BCUT2D eigenvalue weighted by Crippen LogP contribution is -1.98. The van der Waals surface area contributed by atoms with E-state index in [-0.39, 0.29) is 43.4 Å². The Kier molecular flexibility index (Phi) is 8.81. The summed E-state index contributed by atoms with van der Waals surface area (Å²) < 4.78 is 71.4. The molecule has 48 heavy (non-hydrogen) atoms. The minimum absolute atomic E-state index is 0.0912. The summed E-state index contributed by atoms with van der Waals surface area (Å²) in [5, 5.41) is 42.7. The molecule has 0 aliphatic carbocycles. The second-order valence-corrected chi connectivity index (χ2v) is 13.7. The highest BCUT2D eigenvalue weighted by atomic mass is 32.2. The number of hydrogen-bond donors (Lipinski definition) is 5. The molecule has 0 amide bonds. The largest absolute Gasteiger partial charge is 0.505 e. The molecule has 0 fully saturated rings. The van der Waals surface area contributed by atoms with Crippen LogP contribution in [0.3, 0.4) is 0 Å². The number of fused-ring (bicyclic) bond motifs is 3. The van der Waals surface area contributed by atoms with Gasteiger partial charge in [-0.3, -0.25) is 9.11 Å². The summed E-state index contributed by atoms with van der Waals surface area (Å²) in [5.74, 6) is -0.319. The standard InChI is InChI=1S/C30H21N5O10S3/c31-18-5-4-17-13-27(46-45-44-37)29(30(36)23(17)14-18)35-34-26-11-10-25(22-9-7-20(15-24(22)26)47(38,39)40)33-32-19-6-8-21-16(12-19)2-1-3-28(21)48(41,42)43/h1-15,36-37H,31H2,(H,38,39,40)(H,41,42,43). The second kappa shape index (κ2) is 12.9. The number of nitrogens with zero attached hydrogens (tertiary/aromatic N) is 4. The van der Waals surface area contributed by atoms with Gasteiger partial charge >= 0.3 is 0 Å². The predicted octanol–water partition coefficient (Wildman–Crippen LogP) is 8.19. The number of hydrogen-bond acceptors (Lipinski definition) is 14. The fraction of sp³-hybridized carbons (Fsp3) is 0. The molecule has 0 saturated heterocycles. The molecule has 15 nitrogen and oxygen atoms in total. The quantitative estimate of drug-likeness (QED) is 0.0238. The SMILES string of the molecule is Nc1ccc2cc(SOOO)c(N=Nc3ccc(N=Nc4ccc5c(S(=O)(=O)O)cccc5c4)c4ccc(S(=O)(=O)O)cc34)c(O)c2c1. The van der Waals surface area contributed by atoms with E-state index in [1.807, 2.05) is 0 Å². The van der Waals surface area contributed by atoms with Gasteiger partial charge in [-0.25, -0.2) is 5.26 Å². The average Bonchev–Trinajstić information content (AvgIpc) is 3.05. The number of anilines is 1. The second-order valence-electron chi connectivity index (χ2n) is 10.1. The first-order chi connectivity index (χ1) is 22.8. The third kappa shape index (κ3) is 6.68. The van der Waals surface area contributed by atoms with Gasteiger partial charge in [-0.15, -0.1) is 19.7 Å². The first-order valence-electron chi connectivity index (χ1n) is 13.4. The lowest BCUT2D eigenvalue weighted by atomic mass is 10.1. The van der Waals surface area contributed by atoms with Crippen LogP contribution in [0.1, 0.15) is 0 Å². The van der Waals surface area contributed by atoms with Gasteiger partial charge in [0.05, 0.1) is 38.9 Å². The van der Waals surface area contributed by atoms with Crippen LogP contribution in [-0.2, 0) is 29.6 Å². The fourth-order valence-electron chi connectivity index (χ4n) is 4.95. The van der Waals surface area contributed by atoms with Crippen molar-refractivity contribution in [3.63, 3.8) is 0 Å². The van der Waals surface area contributed by atoms with E-state index in [1.54, 1.807) is 30.3 Å². The van der Waals surface area contributed by atoms with E-state index in [9.17, 15) is 31.0 Å². The van der Waals surface area contributed by atoms with Crippen molar-refractivity contribution in [1.29, 1.82) is 0 Å². The molecule has 244 valence electrons. The Labute approximate surface area is 275 Å². The normalized spacial score (nSPS) is 12.6. The monoisotopic (exact) mass is 707 g/mol. The van der Waals surface area contributed by atoms with Crippen LogP contribution >= 0.6 is 12.0 Å². The summed E-state index contributed by atoms with van der Waals surface area (Å²) in [4.78, 5) is -0.497. The number of phenols is 1. The molecule has 18 heteroatoms. The van der Waals surface area contributed by atoms with Crippen LogP contribution in [0.15, 0.2) is 126 Å². The molecule has 6 aromatic rings. The number of benzene rings is 6. The van der Waals surface area contributed by atoms with E-state index in [2.05, 4.69) is 29.8 Å². The van der Waals surface area contributed by atoms with Crippen LogP contribution in [0.25, 0.3) is 32.3 Å². The van der Waals surface area contributed by atoms with Gasteiger partial charge in [0.1, 0.15) is 10.6 Å². The summed E-state index contributed by atoms with van der Waals surface area (Å²) >= 11 is 0.535. The topological polar surface area (TPSA) is 243 Å². The number of phenolic OH excluding ortho intramolecular Hbond substituents is 1. The first-order valence-corrected chi connectivity index (χ1v) is 17.0. The van der Waals surface area contributed by atoms with Crippen molar-refractivity contribution < 1.29 is 45.7 Å². The van der Waals surface area contributed by atoms with Crippen LogP contribution in [-0.4, -0.2) is 36.3 Å². The summed E-state index contributed by atoms with van der Waals surface area (Å²) in [6, 6.07) is 22.1. The molecular formula is C30H21N5O10S3. The van der Waals surface area contributed by atoms with Crippen molar-refractivity contribution in [2.75, 3.05) is 5.73 Å². The zero-order valence-electron chi connectivity index (χ0n) is 24.0. The molecule has 0 bridgehead atoms. The van der Waals surface area contributed by atoms with Crippen LogP contribution < -0.4 is 5.73 Å². The van der Waals surface area contributed by atoms with Crippen LogP contribution in [0, 0.1) is 0 Å². The molecule has 6 N–H and O–H groups in total. The van der Waals surface area contributed by atoms with Crippen LogP contribution in [0.2, 0.25) is 0 Å². The van der Waals surface area contributed by atoms with Gasteiger partial charge in [0, 0.05) is 27.2 Å². The number of rotatable bonds is 9. The van der Waals surface area contributed by atoms with Gasteiger partial charge in [0.25, 0.3) is 20.2 Å². The van der Waals surface area contributed by atoms with E-state index in [0.717, 1.165) is 0 Å². The zero-order chi connectivity index (χ0) is 34.2. The molecule has 0 aliphatic rings. The number of azo groups is 2. The van der Waals surface area contributed by atoms with Crippen molar-refractivity contribution in [2.24, 2.45) is 20.5 Å². The van der Waals surface area contributed by atoms with Crippen molar-refractivity contribution >= 4 is 93.0 Å². The predicted molar refractivity (Wildman–Crippen MR) is 177 cm³/mol. The minimum atomic E-state index is -4.63. The zero-order valence-corrected chi connectivity index (χ0v) is 26.4. The maximum Gasteiger partial charge on any atom is 0.295 e. The van der Waals surface area contributed by atoms with Gasteiger partial charge < -0.3 is 10.8 Å². The van der Waals surface area contributed by atoms with E-state index >= 15 is 0 Å². The summed E-state index contributed by atoms with van der Waals surface area (Å²) in [6.07, 6.45) is 0. The molecule has 0 aliphatic heterocycles. The van der Waals surface area contributed by atoms with Gasteiger partial charge in [0.15, 0.2) is 5.75 Å². The lowest BCUT2D eigenvalue weighted by molar-refractivity contribution is -0.432. The van der Waals surface area contributed by atoms with Gasteiger partial charge in [-0.1, -0.05) is 35.4 Å². The van der Waals surface area contributed by atoms with Crippen molar-refractivity contribution in [3.8, 4) is 5.75 Å². The Morgan fingerprint density at radius 3 is 2.10 bits per heavy atom. The van der Waals surface area contributed by atoms with Crippen LogP contribution in [0.5, 0.6) is 5.75 Å². The van der Waals surface area contributed by atoms with E-state index in [0.29, 0.717) is 45.0 Å². The molecule has 0 heterocycles.